The summed E-state index contributed by atoms with van der Waals surface area (Å²) in [7, 11) is -3.20. The third kappa shape index (κ3) is 2.69. The highest BCUT2D eigenvalue weighted by Gasteiger charge is 2.29. The molecule has 18 heavy (non-hydrogen) atoms. The van der Waals surface area contributed by atoms with Gasteiger partial charge in [0, 0.05) is 0 Å². The zero-order valence-corrected chi connectivity index (χ0v) is 10.4. The molecular weight excluding hydrogens is 256 g/mol. The molecule has 0 fully saturated rings. The van der Waals surface area contributed by atoms with Crippen LogP contribution in [-0.2, 0) is 19.5 Å². The second-order valence-electron chi connectivity index (χ2n) is 4.07. The van der Waals surface area contributed by atoms with Crippen molar-refractivity contribution < 1.29 is 18.0 Å². The molecule has 0 saturated heterocycles. The van der Waals surface area contributed by atoms with Crippen LogP contribution in [0.25, 0.3) is 0 Å². The van der Waals surface area contributed by atoms with Gasteiger partial charge in [0.25, 0.3) is 0 Å². The lowest BCUT2D eigenvalue weighted by atomic mass is 10.1. The molecule has 0 aromatic heterocycles. The molecule has 3 N–H and O–H groups in total. The van der Waals surface area contributed by atoms with Gasteiger partial charge in [0.05, 0.1) is 16.7 Å². The third-order valence-corrected chi connectivity index (χ3v) is 4.56. The first-order valence-corrected chi connectivity index (χ1v) is 7.13. The van der Waals surface area contributed by atoms with Gasteiger partial charge in [0.2, 0.25) is 5.91 Å². The van der Waals surface area contributed by atoms with Crippen molar-refractivity contribution in [3.05, 3.63) is 29.8 Å². The van der Waals surface area contributed by atoms with Gasteiger partial charge in [-0.05, 0) is 18.1 Å². The summed E-state index contributed by atoms with van der Waals surface area (Å²) in [5.74, 6) is -0.527. The van der Waals surface area contributed by atoms with E-state index in [0.29, 0.717) is 16.9 Å². The number of primary amides is 1. The van der Waals surface area contributed by atoms with Crippen molar-refractivity contribution >= 4 is 15.7 Å². The normalized spacial score (nSPS) is 21.2. The van der Waals surface area contributed by atoms with Crippen molar-refractivity contribution in [2.75, 3.05) is 12.4 Å². The number of carbonyl (C=O) groups excluding carboxylic acids is 1. The van der Waals surface area contributed by atoms with Crippen molar-refractivity contribution in [1.82, 2.24) is 5.48 Å². The molecule has 1 aromatic rings. The fourth-order valence-corrected chi connectivity index (χ4v) is 3.55. The number of sulfone groups is 1. The quantitative estimate of drug-likeness (QED) is 0.745. The molecule has 1 heterocycles. The maximum absolute atomic E-state index is 11.9. The Labute approximate surface area is 105 Å². The molecule has 1 atom stereocenters. The predicted molar refractivity (Wildman–Crippen MR) is 64.1 cm³/mol. The third-order valence-electron chi connectivity index (χ3n) is 2.74. The number of hydrogen-bond donors (Lipinski definition) is 2. The van der Waals surface area contributed by atoms with E-state index in [-0.39, 0.29) is 18.4 Å². The average molecular weight is 270 g/mol. The fraction of sp³-hybridized carbons (Fsp3) is 0.364. The Hall–Kier alpha value is -1.44. The molecule has 0 radical (unpaired) electrons. The van der Waals surface area contributed by atoms with E-state index in [1.54, 1.807) is 24.3 Å². The monoisotopic (exact) mass is 270 g/mol. The van der Waals surface area contributed by atoms with Crippen LogP contribution in [-0.4, -0.2) is 26.7 Å². The Morgan fingerprint density at radius 2 is 2.17 bits per heavy atom. The molecule has 1 aromatic carbocycles. The van der Waals surface area contributed by atoms with E-state index in [1.165, 1.54) is 0 Å². The lowest BCUT2D eigenvalue weighted by Crippen LogP contribution is -2.32. The molecule has 0 aliphatic carbocycles. The fourth-order valence-electron chi connectivity index (χ4n) is 1.93. The van der Waals surface area contributed by atoms with Crippen LogP contribution in [0.3, 0.4) is 0 Å². The van der Waals surface area contributed by atoms with Gasteiger partial charge in [-0.2, -0.15) is 5.48 Å². The number of hydroxylamine groups is 1. The standard InChI is InChI=1S/C11H14N2O4S/c12-11(14)7-17-13-9-5-6-18(15,16)10-4-2-1-3-8(9)10/h1-4,9,13H,5-7H2,(H2,12,14). The number of carbonyl (C=O) groups is 1. The van der Waals surface area contributed by atoms with Crippen molar-refractivity contribution in [3.8, 4) is 0 Å². The minimum Gasteiger partial charge on any atom is -0.368 e. The Kier molecular flexibility index (Phi) is 3.65. The van der Waals surface area contributed by atoms with E-state index in [2.05, 4.69) is 5.48 Å². The number of rotatable bonds is 4. The lowest BCUT2D eigenvalue weighted by molar-refractivity contribution is -0.126. The second-order valence-corrected chi connectivity index (χ2v) is 6.15. The van der Waals surface area contributed by atoms with Gasteiger partial charge in [0.1, 0.15) is 6.61 Å². The first kappa shape index (κ1) is 13.0. The van der Waals surface area contributed by atoms with Crippen molar-refractivity contribution in [3.63, 3.8) is 0 Å². The van der Waals surface area contributed by atoms with E-state index < -0.39 is 15.7 Å². The summed E-state index contributed by atoms with van der Waals surface area (Å²) in [6, 6.07) is 6.51. The molecule has 6 nitrogen and oxygen atoms in total. The molecule has 2 rings (SSSR count). The molecule has 0 spiro atoms. The summed E-state index contributed by atoms with van der Waals surface area (Å²) < 4.78 is 23.7. The molecular formula is C11H14N2O4S. The highest BCUT2D eigenvalue weighted by molar-refractivity contribution is 7.91. The highest BCUT2D eigenvalue weighted by atomic mass is 32.2. The highest BCUT2D eigenvalue weighted by Crippen LogP contribution is 2.31. The smallest absolute Gasteiger partial charge is 0.245 e. The zero-order chi connectivity index (χ0) is 13.2. The lowest BCUT2D eigenvalue weighted by Gasteiger charge is -2.25. The number of amides is 1. The van der Waals surface area contributed by atoms with Crippen LogP contribution in [0.2, 0.25) is 0 Å². The van der Waals surface area contributed by atoms with Crippen LogP contribution in [0.5, 0.6) is 0 Å². The van der Waals surface area contributed by atoms with Crippen LogP contribution in [0.1, 0.15) is 18.0 Å². The first-order chi connectivity index (χ1) is 8.50. The molecule has 1 aliphatic heterocycles. The number of benzene rings is 1. The molecule has 1 amide bonds. The topological polar surface area (TPSA) is 98.5 Å². The van der Waals surface area contributed by atoms with Crippen molar-refractivity contribution in [2.45, 2.75) is 17.4 Å². The SMILES string of the molecule is NC(=O)CONC1CCS(=O)(=O)c2ccccc21. The van der Waals surface area contributed by atoms with Gasteiger partial charge in [-0.15, -0.1) is 0 Å². The Balaban J connectivity index is 2.18. The molecule has 7 heteroatoms. The summed E-state index contributed by atoms with van der Waals surface area (Å²) in [5.41, 5.74) is 8.29. The van der Waals surface area contributed by atoms with E-state index in [4.69, 9.17) is 10.6 Å². The Bertz CT molecular complexity index is 556. The zero-order valence-electron chi connectivity index (χ0n) is 9.63. The maximum atomic E-state index is 11.9. The summed E-state index contributed by atoms with van der Waals surface area (Å²) in [5, 5.41) is 0. The van der Waals surface area contributed by atoms with Crippen LogP contribution in [0, 0.1) is 0 Å². The summed E-state index contributed by atoms with van der Waals surface area (Å²) in [6.07, 6.45) is 0.401. The minimum atomic E-state index is -3.20. The minimum absolute atomic E-state index is 0.0572. The van der Waals surface area contributed by atoms with E-state index >= 15 is 0 Å². The first-order valence-electron chi connectivity index (χ1n) is 5.48. The van der Waals surface area contributed by atoms with Gasteiger partial charge in [0.15, 0.2) is 9.84 Å². The summed E-state index contributed by atoms with van der Waals surface area (Å²) in [4.78, 5) is 15.8. The van der Waals surface area contributed by atoms with E-state index in [0.717, 1.165) is 0 Å². The van der Waals surface area contributed by atoms with Crippen molar-refractivity contribution in [2.24, 2.45) is 5.73 Å². The van der Waals surface area contributed by atoms with Gasteiger partial charge in [-0.25, -0.2) is 8.42 Å². The summed E-state index contributed by atoms with van der Waals surface area (Å²) >= 11 is 0. The number of fused-ring (bicyclic) bond motifs is 1. The number of nitrogens with two attached hydrogens (primary N) is 1. The van der Waals surface area contributed by atoms with Crippen LogP contribution in [0.4, 0.5) is 0 Å². The van der Waals surface area contributed by atoms with Gasteiger partial charge < -0.3 is 5.73 Å². The molecule has 98 valence electrons. The van der Waals surface area contributed by atoms with Crippen LogP contribution in [0.15, 0.2) is 29.2 Å². The molecule has 1 unspecified atom stereocenters. The molecule has 0 saturated carbocycles. The van der Waals surface area contributed by atoms with Gasteiger partial charge in [-0.1, -0.05) is 18.2 Å². The Morgan fingerprint density at radius 3 is 2.89 bits per heavy atom. The van der Waals surface area contributed by atoms with E-state index in [9.17, 15) is 13.2 Å². The molecule has 1 aliphatic rings. The van der Waals surface area contributed by atoms with Gasteiger partial charge in [-0.3, -0.25) is 9.63 Å². The predicted octanol–water partition coefficient (Wildman–Crippen LogP) is -0.0884. The average Bonchev–Trinajstić information content (AvgIpc) is 2.32. The molecule has 0 bridgehead atoms. The Morgan fingerprint density at radius 1 is 1.44 bits per heavy atom. The number of hydrogen-bond acceptors (Lipinski definition) is 5. The number of nitrogens with one attached hydrogen (secondary N) is 1. The van der Waals surface area contributed by atoms with Crippen LogP contribution < -0.4 is 11.2 Å². The van der Waals surface area contributed by atoms with Gasteiger partial charge >= 0.3 is 0 Å². The van der Waals surface area contributed by atoms with Crippen LogP contribution >= 0.6 is 0 Å². The largest absolute Gasteiger partial charge is 0.368 e. The maximum Gasteiger partial charge on any atom is 0.245 e. The second kappa shape index (κ2) is 5.05. The van der Waals surface area contributed by atoms with Crippen molar-refractivity contribution in [1.29, 1.82) is 0 Å². The summed E-state index contributed by atoms with van der Waals surface area (Å²) in [6.45, 7) is -0.245. The van der Waals surface area contributed by atoms with E-state index in [1.807, 2.05) is 0 Å².